The lowest BCUT2D eigenvalue weighted by atomic mass is 10.0. The average Bonchev–Trinajstić information content (AvgIpc) is 3.13. The zero-order chi connectivity index (χ0) is 18.9. The van der Waals surface area contributed by atoms with E-state index in [0.29, 0.717) is 30.3 Å². The van der Waals surface area contributed by atoms with E-state index in [-0.39, 0.29) is 37.4 Å². The Morgan fingerprint density at radius 2 is 2.00 bits per heavy atom. The fraction of sp³-hybridized carbons (Fsp3) is 0.368. The number of hydrogen-bond acceptors (Lipinski definition) is 5. The van der Waals surface area contributed by atoms with Crippen LogP contribution in [-0.2, 0) is 14.3 Å². The van der Waals surface area contributed by atoms with Crippen molar-refractivity contribution in [3.05, 3.63) is 52.5 Å². The lowest BCUT2D eigenvalue weighted by molar-refractivity contribution is -0.145. The van der Waals surface area contributed by atoms with Crippen molar-refractivity contribution in [3.8, 4) is 0 Å². The number of benzene rings is 1. The maximum absolute atomic E-state index is 13.2. The van der Waals surface area contributed by atoms with E-state index in [2.05, 4.69) is 0 Å². The molecule has 1 spiro atoms. The number of nitrogens with zero attached hydrogens (tertiary/aromatic N) is 2. The van der Waals surface area contributed by atoms with Crippen molar-refractivity contribution < 1.29 is 23.5 Å². The van der Waals surface area contributed by atoms with E-state index in [1.165, 1.54) is 23.5 Å². The van der Waals surface area contributed by atoms with Crippen molar-refractivity contribution in [2.24, 2.45) is 0 Å². The number of halogens is 1. The van der Waals surface area contributed by atoms with Gasteiger partial charge in [-0.05, 0) is 35.7 Å². The third kappa shape index (κ3) is 3.73. The number of amides is 2. The molecule has 1 aromatic heterocycles. The van der Waals surface area contributed by atoms with Crippen molar-refractivity contribution in [2.45, 2.75) is 5.60 Å². The van der Waals surface area contributed by atoms with E-state index in [1.807, 2.05) is 11.4 Å². The van der Waals surface area contributed by atoms with Gasteiger partial charge in [0.1, 0.15) is 18.0 Å². The van der Waals surface area contributed by atoms with Crippen LogP contribution in [0.25, 0.3) is 0 Å². The van der Waals surface area contributed by atoms with Gasteiger partial charge in [-0.15, -0.1) is 11.3 Å². The zero-order valence-corrected chi connectivity index (χ0v) is 15.4. The molecule has 2 aliphatic rings. The van der Waals surface area contributed by atoms with Crippen LogP contribution in [0.5, 0.6) is 0 Å². The summed E-state index contributed by atoms with van der Waals surface area (Å²) in [5.41, 5.74) is -0.212. The molecule has 1 aromatic carbocycles. The molecule has 27 heavy (non-hydrogen) atoms. The lowest BCUT2D eigenvalue weighted by Crippen LogP contribution is -2.61. The van der Waals surface area contributed by atoms with Gasteiger partial charge < -0.3 is 19.3 Å². The molecule has 4 rings (SSSR count). The number of hydrogen-bond donors (Lipinski definition) is 0. The summed E-state index contributed by atoms with van der Waals surface area (Å²) >= 11 is 1.39. The first-order valence-electron chi connectivity index (χ1n) is 8.67. The molecule has 2 fully saturated rings. The highest BCUT2D eigenvalue weighted by molar-refractivity contribution is 7.12. The molecule has 2 aromatic rings. The molecule has 0 bridgehead atoms. The summed E-state index contributed by atoms with van der Waals surface area (Å²) in [4.78, 5) is 29.1. The predicted octanol–water partition coefficient (Wildman–Crippen LogP) is 2.16. The maximum Gasteiger partial charge on any atom is 0.264 e. The first-order chi connectivity index (χ1) is 13.1. The van der Waals surface area contributed by atoms with Crippen molar-refractivity contribution in [2.75, 3.05) is 44.4 Å². The van der Waals surface area contributed by atoms with Gasteiger partial charge in [-0.2, -0.15) is 0 Å². The second kappa shape index (κ2) is 7.38. The van der Waals surface area contributed by atoms with Crippen LogP contribution in [0, 0.1) is 5.82 Å². The molecule has 0 saturated carbocycles. The van der Waals surface area contributed by atoms with Gasteiger partial charge in [0.05, 0.1) is 31.2 Å². The van der Waals surface area contributed by atoms with E-state index >= 15 is 0 Å². The van der Waals surface area contributed by atoms with Crippen LogP contribution in [0.3, 0.4) is 0 Å². The highest BCUT2D eigenvalue weighted by atomic mass is 32.1. The molecule has 2 amide bonds. The van der Waals surface area contributed by atoms with Crippen molar-refractivity contribution in [1.82, 2.24) is 4.90 Å². The standard InChI is InChI=1S/C19H19FN2O4S/c20-14-3-5-15(6-4-14)22-12-19(26-10-17(22)23)11-21(7-8-25-13-19)18(24)16-2-1-9-27-16/h1-6,9H,7-8,10-13H2. The quantitative estimate of drug-likeness (QED) is 0.789. The van der Waals surface area contributed by atoms with Crippen LogP contribution in [0.4, 0.5) is 10.1 Å². The molecule has 2 aliphatic heterocycles. The largest absolute Gasteiger partial charge is 0.376 e. The third-order valence-corrected chi connectivity index (χ3v) is 5.61. The number of ether oxygens (including phenoxy) is 2. The summed E-state index contributed by atoms with van der Waals surface area (Å²) in [7, 11) is 0. The van der Waals surface area contributed by atoms with Crippen molar-refractivity contribution in [3.63, 3.8) is 0 Å². The van der Waals surface area contributed by atoms with Crippen LogP contribution < -0.4 is 4.90 Å². The Morgan fingerprint density at radius 3 is 2.74 bits per heavy atom. The van der Waals surface area contributed by atoms with Crippen LogP contribution in [0.15, 0.2) is 41.8 Å². The number of anilines is 1. The molecule has 3 heterocycles. The molecule has 0 N–H and O–H groups in total. The number of rotatable bonds is 2. The van der Waals surface area contributed by atoms with Crippen molar-refractivity contribution >= 4 is 28.8 Å². The SMILES string of the molecule is O=C(c1cccs1)N1CCOCC2(C1)CN(c1ccc(F)cc1)C(=O)CO2. The fourth-order valence-electron chi connectivity index (χ4n) is 3.39. The maximum atomic E-state index is 13.2. The molecular weight excluding hydrogens is 371 g/mol. The Hall–Kier alpha value is -2.29. The zero-order valence-electron chi connectivity index (χ0n) is 14.6. The second-order valence-corrected chi connectivity index (χ2v) is 7.63. The monoisotopic (exact) mass is 390 g/mol. The normalized spacial score (nSPS) is 23.5. The number of thiophene rings is 1. The molecule has 1 unspecified atom stereocenters. The summed E-state index contributed by atoms with van der Waals surface area (Å²) in [5.74, 6) is -0.629. The van der Waals surface area contributed by atoms with Gasteiger partial charge in [0.2, 0.25) is 0 Å². The first kappa shape index (κ1) is 18.1. The molecule has 1 atom stereocenters. The molecule has 0 aliphatic carbocycles. The summed E-state index contributed by atoms with van der Waals surface area (Å²) in [6.07, 6.45) is 0. The summed E-state index contributed by atoms with van der Waals surface area (Å²) in [5, 5.41) is 1.86. The van der Waals surface area contributed by atoms with Crippen LogP contribution >= 0.6 is 11.3 Å². The smallest absolute Gasteiger partial charge is 0.264 e. The van der Waals surface area contributed by atoms with Gasteiger partial charge in [-0.1, -0.05) is 6.07 Å². The van der Waals surface area contributed by atoms with Gasteiger partial charge in [-0.3, -0.25) is 9.59 Å². The van der Waals surface area contributed by atoms with E-state index in [4.69, 9.17) is 9.47 Å². The van der Waals surface area contributed by atoms with Gasteiger partial charge in [0.25, 0.3) is 11.8 Å². The Bertz CT molecular complexity index is 827. The summed E-state index contributed by atoms with van der Waals surface area (Å²) in [6.45, 7) is 1.62. The van der Waals surface area contributed by atoms with Gasteiger partial charge in [0, 0.05) is 12.2 Å². The third-order valence-electron chi connectivity index (χ3n) is 4.76. The topological polar surface area (TPSA) is 59.1 Å². The molecular formula is C19H19FN2O4S. The minimum atomic E-state index is -0.814. The predicted molar refractivity (Wildman–Crippen MR) is 98.5 cm³/mol. The van der Waals surface area contributed by atoms with E-state index in [1.54, 1.807) is 28.0 Å². The molecule has 2 saturated heterocycles. The molecule has 6 nitrogen and oxygen atoms in total. The molecule has 142 valence electrons. The van der Waals surface area contributed by atoms with Gasteiger partial charge >= 0.3 is 0 Å². The lowest BCUT2D eigenvalue weighted by Gasteiger charge is -2.42. The van der Waals surface area contributed by atoms with E-state index < -0.39 is 5.60 Å². The minimum absolute atomic E-state index is 0.0660. The molecule has 8 heteroatoms. The van der Waals surface area contributed by atoms with E-state index in [0.717, 1.165) is 0 Å². The van der Waals surface area contributed by atoms with Crippen LogP contribution in [-0.4, -0.2) is 61.8 Å². The van der Waals surface area contributed by atoms with Gasteiger partial charge in [-0.25, -0.2) is 4.39 Å². The highest BCUT2D eigenvalue weighted by Crippen LogP contribution is 2.28. The Morgan fingerprint density at radius 1 is 1.19 bits per heavy atom. The highest BCUT2D eigenvalue weighted by Gasteiger charge is 2.44. The number of carbonyl (C=O) groups is 2. The Balaban J connectivity index is 1.57. The van der Waals surface area contributed by atoms with Crippen LogP contribution in [0.2, 0.25) is 0 Å². The number of carbonyl (C=O) groups excluding carboxylic acids is 2. The summed E-state index contributed by atoms with van der Waals surface area (Å²) < 4.78 is 24.8. The van der Waals surface area contributed by atoms with E-state index in [9.17, 15) is 14.0 Å². The van der Waals surface area contributed by atoms with Crippen molar-refractivity contribution in [1.29, 1.82) is 0 Å². The average molecular weight is 390 g/mol. The summed E-state index contributed by atoms with van der Waals surface area (Å²) in [6, 6.07) is 9.41. The Labute approximate surface area is 160 Å². The molecule has 0 radical (unpaired) electrons. The Kier molecular flexibility index (Phi) is 4.94. The second-order valence-electron chi connectivity index (χ2n) is 6.68. The minimum Gasteiger partial charge on any atom is -0.376 e. The number of morpholine rings is 1. The fourth-order valence-corrected chi connectivity index (χ4v) is 4.08. The first-order valence-corrected chi connectivity index (χ1v) is 9.55. The van der Waals surface area contributed by atoms with Gasteiger partial charge in [0.15, 0.2) is 0 Å². The van der Waals surface area contributed by atoms with Crippen LogP contribution in [0.1, 0.15) is 9.67 Å².